The molecule has 0 atom stereocenters. The van der Waals surface area contributed by atoms with Gasteiger partial charge in [-0.05, 0) is 55.0 Å². The summed E-state index contributed by atoms with van der Waals surface area (Å²) in [6.45, 7) is 0.0656. The molecule has 1 aromatic heterocycles. The molecule has 0 aliphatic carbocycles. The third-order valence-corrected chi connectivity index (χ3v) is 4.89. The number of aromatic nitrogens is 1. The summed E-state index contributed by atoms with van der Waals surface area (Å²) in [6.07, 6.45) is 1.76. The van der Waals surface area contributed by atoms with Gasteiger partial charge in [0.2, 0.25) is 0 Å². The molecule has 1 amide bonds. The highest BCUT2D eigenvalue weighted by Gasteiger charge is 2.20. The Bertz CT molecular complexity index is 1330. The van der Waals surface area contributed by atoms with Gasteiger partial charge in [0.05, 0.1) is 5.56 Å². The van der Waals surface area contributed by atoms with Gasteiger partial charge >= 0.3 is 0 Å². The minimum Gasteiger partial charge on any atom is -0.483 e. The van der Waals surface area contributed by atoms with Crippen molar-refractivity contribution in [2.45, 2.75) is 13.0 Å². The van der Waals surface area contributed by atoms with Gasteiger partial charge in [0, 0.05) is 37.7 Å². The highest BCUT2D eigenvalue weighted by molar-refractivity contribution is 6.10. The predicted molar refractivity (Wildman–Crippen MR) is 122 cm³/mol. The van der Waals surface area contributed by atoms with Crippen LogP contribution in [0.5, 0.6) is 5.75 Å². The molecule has 0 bridgehead atoms. The van der Waals surface area contributed by atoms with E-state index in [2.05, 4.69) is 5.32 Å². The molecule has 3 rings (SSSR count). The number of nitriles is 1. The second kappa shape index (κ2) is 11.7. The number of carbonyl (C=O) groups is 2. The molecule has 180 valence electrons. The van der Waals surface area contributed by atoms with Crippen LogP contribution in [-0.4, -0.2) is 36.6 Å². The number of benzene rings is 2. The molecule has 0 radical (unpaired) electrons. The van der Waals surface area contributed by atoms with E-state index in [0.717, 1.165) is 18.2 Å². The third kappa shape index (κ3) is 6.59. The largest absolute Gasteiger partial charge is 0.483 e. The highest BCUT2D eigenvalue weighted by atomic mass is 19.1. The van der Waals surface area contributed by atoms with Crippen molar-refractivity contribution in [3.05, 3.63) is 93.4 Å². The summed E-state index contributed by atoms with van der Waals surface area (Å²) >= 11 is 0. The molecule has 8 nitrogen and oxygen atoms in total. The van der Waals surface area contributed by atoms with Crippen LogP contribution in [0.25, 0.3) is 0 Å². The Morgan fingerprint density at radius 3 is 2.49 bits per heavy atom. The van der Waals surface area contributed by atoms with Crippen molar-refractivity contribution in [2.24, 2.45) is 0 Å². The number of methoxy groups -OCH3 is 1. The van der Waals surface area contributed by atoms with Gasteiger partial charge in [0.1, 0.15) is 29.0 Å². The van der Waals surface area contributed by atoms with Gasteiger partial charge in [0.25, 0.3) is 11.5 Å². The van der Waals surface area contributed by atoms with Crippen LogP contribution in [0.1, 0.15) is 27.9 Å². The number of rotatable bonds is 10. The lowest BCUT2D eigenvalue weighted by Crippen LogP contribution is -2.25. The lowest BCUT2D eigenvalue weighted by atomic mass is 10.0. The van der Waals surface area contributed by atoms with Crippen molar-refractivity contribution in [1.29, 1.82) is 5.26 Å². The first-order valence-corrected chi connectivity index (χ1v) is 10.5. The van der Waals surface area contributed by atoms with Gasteiger partial charge < -0.3 is 19.4 Å². The summed E-state index contributed by atoms with van der Waals surface area (Å²) in [6, 6.07) is 11.2. The summed E-state index contributed by atoms with van der Waals surface area (Å²) in [4.78, 5) is 37.8. The average molecular weight is 481 g/mol. The zero-order valence-electron chi connectivity index (χ0n) is 18.7. The molecule has 1 N–H and O–H groups in total. The van der Waals surface area contributed by atoms with Gasteiger partial charge in [-0.1, -0.05) is 0 Å². The van der Waals surface area contributed by atoms with Crippen molar-refractivity contribution >= 4 is 17.4 Å². The van der Waals surface area contributed by atoms with E-state index in [0.29, 0.717) is 18.7 Å². The average Bonchev–Trinajstić information content (AvgIpc) is 2.85. The topological polar surface area (TPSA) is 110 Å². The van der Waals surface area contributed by atoms with Crippen LogP contribution in [0, 0.1) is 23.0 Å². The molecule has 10 heteroatoms. The van der Waals surface area contributed by atoms with Gasteiger partial charge in [-0.25, -0.2) is 8.78 Å². The van der Waals surface area contributed by atoms with Crippen molar-refractivity contribution < 1.29 is 27.8 Å². The standard InChI is InChI=1S/C25H21F2N3O5/c1-34-10-2-9-30-14-17(11-16(13-28)25(30)33)24(32)21-12-19(27)5-8-22(21)35-15-23(31)29-20-6-3-18(26)4-7-20/h3-8,11-12,14H,2,9-10,15H2,1H3,(H,29,31). The number of hydrogen-bond donors (Lipinski definition) is 1. The quantitative estimate of drug-likeness (QED) is 0.352. The summed E-state index contributed by atoms with van der Waals surface area (Å²) in [5, 5.41) is 11.8. The van der Waals surface area contributed by atoms with E-state index in [9.17, 15) is 28.4 Å². The Morgan fingerprint density at radius 2 is 1.80 bits per heavy atom. The fourth-order valence-corrected chi connectivity index (χ4v) is 3.22. The normalized spacial score (nSPS) is 10.5. The maximum atomic E-state index is 14.0. The molecule has 0 saturated heterocycles. The fourth-order valence-electron chi connectivity index (χ4n) is 3.22. The Labute approximate surface area is 199 Å². The summed E-state index contributed by atoms with van der Waals surface area (Å²) in [7, 11) is 1.51. The van der Waals surface area contributed by atoms with E-state index in [1.807, 2.05) is 0 Å². The first-order chi connectivity index (χ1) is 16.8. The molecule has 0 fully saturated rings. The Hall–Kier alpha value is -4.36. The zero-order chi connectivity index (χ0) is 25.4. The number of nitrogens with one attached hydrogen (secondary N) is 1. The highest BCUT2D eigenvalue weighted by Crippen LogP contribution is 2.23. The molecule has 1 heterocycles. The Balaban J connectivity index is 1.84. The molecular formula is C25H21F2N3O5. The number of ether oxygens (including phenoxy) is 2. The molecule has 35 heavy (non-hydrogen) atoms. The van der Waals surface area contributed by atoms with E-state index in [1.54, 1.807) is 6.07 Å². The van der Waals surface area contributed by atoms with E-state index in [4.69, 9.17) is 9.47 Å². The maximum absolute atomic E-state index is 14.0. The summed E-state index contributed by atoms with van der Waals surface area (Å²) in [5.41, 5.74) is -0.676. The third-order valence-electron chi connectivity index (χ3n) is 4.89. The van der Waals surface area contributed by atoms with Crippen molar-refractivity contribution in [3.8, 4) is 11.8 Å². The van der Waals surface area contributed by atoms with E-state index < -0.39 is 35.5 Å². The van der Waals surface area contributed by atoms with Crippen LogP contribution in [0.3, 0.4) is 0 Å². The number of carbonyl (C=O) groups excluding carboxylic acids is 2. The smallest absolute Gasteiger partial charge is 0.268 e. The van der Waals surface area contributed by atoms with E-state index in [1.165, 1.54) is 48.2 Å². The maximum Gasteiger partial charge on any atom is 0.268 e. The molecule has 0 unspecified atom stereocenters. The van der Waals surface area contributed by atoms with Crippen LogP contribution >= 0.6 is 0 Å². The van der Waals surface area contributed by atoms with Gasteiger partial charge in [-0.2, -0.15) is 5.26 Å². The number of amides is 1. The fraction of sp³-hybridized carbons (Fsp3) is 0.200. The van der Waals surface area contributed by atoms with E-state index in [-0.39, 0.29) is 29.0 Å². The van der Waals surface area contributed by atoms with Crippen LogP contribution in [-0.2, 0) is 16.1 Å². The minimum atomic E-state index is -0.717. The van der Waals surface area contributed by atoms with Crippen LogP contribution in [0.15, 0.2) is 59.5 Å². The number of ketones is 1. The van der Waals surface area contributed by atoms with Crippen LogP contribution < -0.4 is 15.6 Å². The first kappa shape index (κ1) is 25.3. The number of anilines is 1. The molecule has 3 aromatic rings. The number of aryl methyl sites for hydroxylation is 1. The lowest BCUT2D eigenvalue weighted by molar-refractivity contribution is -0.118. The van der Waals surface area contributed by atoms with Gasteiger partial charge in [0.15, 0.2) is 12.4 Å². The number of halogens is 2. The van der Waals surface area contributed by atoms with E-state index >= 15 is 0 Å². The predicted octanol–water partition coefficient (Wildman–Crippen LogP) is 3.28. The summed E-state index contributed by atoms with van der Waals surface area (Å²) < 4.78 is 38.7. The summed E-state index contributed by atoms with van der Waals surface area (Å²) in [5.74, 6) is -2.53. The number of nitrogens with zero attached hydrogens (tertiary/aromatic N) is 2. The molecule has 0 spiro atoms. The molecule has 2 aromatic carbocycles. The lowest BCUT2D eigenvalue weighted by Gasteiger charge is -2.13. The second-order valence-corrected chi connectivity index (χ2v) is 7.41. The Morgan fingerprint density at radius 1 is 1.09 bits per heavy atom. The molecule has 0 saturated carbocycles. The Kier molecular flexibility index (Phi) is 8.43. The van der Waals surface area contributed by atoms with Crippen LogP contribution in [0.2, 0.25) is 0 Å². The zero-order valence-corrected chi connectivity index (χ0v) is 18.7. The SMILES string of the molecule is COCCCn1cc(C(=O)c2cc(F)ccc2OCC(=O)Nc2ccc(F)cc2)cc(C#N)c1=O. The molecule has 0 aliphatic heterocycles. The van der Waals surface area contributed by atoms with Gasteiger partial charge in [-0.3, -0.25) is 14.4 Å². The van der Waals surface area contributed by atoms with Gasteiger partial charge in [-0.15, -0.1) is 0 Å². The van der Waals surface area contributed by atoms with Crippen molar-refractivity contribution in [2.75, 3.05) is 25.6 Å². The number of pyridine rings is 1. The van der Waals surface area contributed by atoms with Crippen molar-refractivity contribution in [1.82, 2.24) is 4.57 Å². The molecule has 0 aliphatic rings. The second-order valence-electron chi connectivity index (χ2n) is 7.41. The van der Waals surface area contributed by atoms with Crippen molar-refractivity contribution in [3.63, 3.8) is 0 Å². The minimum absolute atomic E-state index is 0.0234. The van der Waals surface area contributed by atoms with Crippen LogP contribution in [0.4, 0.5) is 14.5 Å². The number of hydrogen-bond acceptors (Lipinski definition) is 6. The molecular weight excluding hydrogens is 460 g/mol. The monoisotopic (exact) mass is 481 g/mol. The first-order valence-electron chi connectivity index (χ1n) is 10.5.